The molecular weight excluding hydrogens is 404 g/mol. The van der Waals surface area contributed by atoms with E-state index < -0.39 is 23.8 Å². The molecular formula is C23H27F2N3O3. The summed E-state index contributed by atoms with van der Waals surface area (Å²) in [6.07, 6.45) is 5.90. The maximum Gasteiger partial charge on any atom is 0.177 e. The number of aromatic nitrogens is 1. The third-order valence-corrected chi connectivity index (χ3v) is 5.82. The van der Waals surface area contributed by atoms with Crippen LogP contribution in [0.4, 0.5) is 8.78 Å². The number of amidine groups is 1. The number of allylic oxidation sites excluding steroid dienone is 7. The summed E-state index contributed by atoms with van der Waals surface area (Å²) in [6.45, 7) is 5.10. The predicted octanol–water partition coefficient (Wildman–Crippen LogP) is 4.42. The van der Waals surface area contributed by atoms with Crippen molar-refractivity contribution in [3.8, 4) is 5.75 Å². The smallest absolute Gasteiger partial charge is 0.177 e. The minimum atomic E-state index is -1.26. The van der Waals surface area contributed by atoms with Crippen LogP contribution in [-0.4, -0.2) is 33.9 Å². The van der Waals surface area contributed by atoms with Gasteiger partial charge in [-0.15, -0.1) is 0 Å². The topological polar surface area (TPSA) is 101 Å². The molecule has 3 rings (SSSR count). The van der Waals surface area contributed by atoms with E-state index in [-0.39, 0.29) is 35.6 Å². The van der Waals surface area contributed by atoms with Crippen molar-refractivity contribution in [2.24, 2.45) is 22.7 Å². The second kappa shape index (κ2) is 9.32. The monoisotopic (exact) mass is 431 g/mol. The first kappa shape index (κ1) is 22.5. The number of hydrogen-bond acceptors (Lipinski definition) is 5. The van der Waals surface area contributed by atoms with E-state index in [4.69, 9.17) is 15.7 Å². The third kappa shape index (κ3) is 4.78. The van der Waals surface area contributed by atoms with Gasteiger partial charge in [0.05, 0.1) is 11.6 Å². The summed E-state index contributed by atoms with van der Waals surface area (Å²) in [5, 5.41) is 21.7. The SMILES string of the molecule is CC1=CC=CC(c2nc(CC3C(C)=CC(OC/C(N)=N/O)=C(F)C3C)ccc2O)C1F. The van der Waals surface area contributed by atoms with E-state index in [0.29, 0.717) is 17.7 Å². The Kier molecular flexibility index (Phi) is 6.77. The third-order valence-electron chi connectivity index (χ3n) is 5.82. The minimum Gasteiger partial charge on any atom is -0.506 e. The van der Waals surface area contributed by atoms with Gasteiger partial charge in [-0.05, 0) is 50.0 Å². The molecule has 8 heteroatoms. The van der Waals surface area contributed by atoms with Crippen molar-refractivity contribution >= 4 is 5.84 Å². The van der Waals surface area contributed by atoms with Crippen molar-refractivity contribution in [3.05, 3.63) is 70.6 Å². The van der Waals surface area contributed by atoms with Crippen LogP contribution in [-0.2, 0) is 11.2 Å². The van der Waals surface area contributed by atoms with Gasteiger partial charge in [-0.2, -0.15) is 0 Å². The Morgan fingerprint density at radius 3 is 2.74 bits per heavy atom. The maximum absolute atomic E-state index is 14.9. The van der Waals surface area contributed by atoms with E-state index >= 15 is 0 Å². The molecule has 0 radical (unpaired) electrons. The Labute approximate surface area is 180 Å². The zero-order chi connectivity index (χ0) is 22.7. The Balaban J connectivity index is 1.80. The molecule has 2 aliphatic rings. The lowest BCUT2D eigenvalue weighted by Gasteiger charge is -2.29. The molecule has 0 saturated carbocycles. The number of hydrogen-bond donors (Lipinski definition) is 3. The molecule has 0 saturated heterocycles. The van der Waals surface area contributed by atoms with E-state index in [9.17, 15) is 13.9 Å². The quantitative estimate of drug-likeness (QED) is 0.268. The van der Waals surface area contributed by atoms with Gasteiger partial charge in [-0.1, -0.05) is 35.9 Å². The van der Waals surface area contributed by atoms with Gasteiger partial charge in [0.2, 0.25) is 0 Å². The molecule has 0 bridgehead atoms. The molecule has 1 heterocycles. The van der Waals surface area contributed by atoms with Gasteiger partial charge in [0, 0.05) is 11.6 Å². The molecule has 1 aromatic rings. The highest BCUT2D eigenvalue weighted by Crippen LogP contribution is 2.39. The van der Waals surface area contributed by atoms with E-state index in [1.807, 2.05) is 6.92 Å². The highest BCUT2D eigenvalue weighted by molar-refractivity contribution is 5.81. The number of nitrogens with zero attached hydrogens (tertiary/aromatic N) is 2. The fourth-order valence-electron chi connectivity index (χ4n) is 3.93. The molecule has 6 nitrogen and oxygen atoms in total. The van der Waals surface area contributed by atoms with Gasteiger partial charge in [0.1, 0.15) is 24.4 Å². The fraction of sp³-hybridized carbons (Fsp3) is 0.391. The molecule has 0 aliphatic heterocycles. The van der Waals surface area contributed by atoms with E-state index in [0.717, 1.165) is 5.57 Å². The van der Waals surface area contributed by atoms with E-state index in [2.05, 4.69) is 10.1 Å². The first-order valence-electron chi connectivity index (χ1n) is 10.1. The largest absolute Gasteiger partial charge is 0.506 e. The van der Waals surface area contributed by atoms with Crippen LogP contribution in [0.3, 0.4) is 0 Å². The molecule has 2 aliphatic carbocycles. The molecule has 4 unspecified atom stereocenters. The van der Waals surface area contributed by atoms with Crippen molar-refractivity contribution in [1.82, 2.24) is 4.98 Å². The summed E-state index contributed by atoms with van der Waals surface area (Å²) >= 11 is 0. The summed E-state index contributed by atoms with van der Waals surface area (Å²) in [4.78, 5) is 4.53. The first-order valence-corrected chi connectivity index (χ1v) is 10.1. The average molecular weight is 431 g/mol. The lowest BCUT2D eigenvalue weighted by molar-refractivity contribution is 0.227. The van der Waals surface area contributed by atoms with Crippen LogP contribution in [0, 0.1) is 11.8 Å². The second-order valence-corrected chi connectivity index (χ2v) is 8.01. The van der Waals surface area contributed by atoms with Crippen molar-refractivity contribution in [1.29, 1.82) is 0 Å². The van der Waals surface area contributed by atoms with Crippen molar-refractivity contribution in [2.45, 2.75) is 39.3 Å². The molecule has 1 aromatic heterocycles. The molecule has 0 aromatic carbocycles. The van der Waals surface area contributed by atoms with Crippen LogP contribution >= 0.6 is 0 Å². The van der Waals surface area contributed by atoms with Crippen LogP contribution in [0.2, 0.25) is 0 Å². The Bertz CT molecular complexity index is 998. The van der Waals surface area contributed by atoms with Crippen LogP contribution < -0.4 is 5.73 Å². The number of aromatic hydroxyl groups is 1. The number of pyridine rings is 1. The molecule has 0 amide bonds. The van der Waals surface area contributed by atoms with Gasteiger partial charge >= 0.3 is 0 Å². The minimum absolute atomic E-state index is 0.0575. The lowest BCUT2D eigenvalue weighted by Crippen LogP contribution is -2.24. The molecule has 4 atom stereocenters. The summed E-state index contributed by atoms with van der Waals surface area (Å²) in [5.74, 6) is -1.94. The Hall–Kier alpha value is -3.16. The highest BCUT2D eigenvalue weighted by Gasteiger charge is 2.32. The molecule has 166 valence electrons. The fourth-order valence-corrected chi connectivity index (χ4v) is 3.93. The van der Waals surface area contributed by atoms with Gasteiger partial charge in [0.15, 0.2) is 11.6 Å². The molecule has 31 heavy (non-hydrogen) atoms. The van der Waals surface area contributed by atoms with Gasteiger partial charge in [-0.25, -0.2) is 8.78 Å². The van der Waals surface area contributed by atoms with Gasteiger partial charge in [0.25, 0.3) is 0 Å². The number of nitrogens with two attached hydrogens (primary N) is 1. The second-order valence-electron chi connectivity index (χ2n) is 8.01. The number of oxime groups is 1. The maximum atomic E-state index is 14.9. The zero-order valence-electron chi connectivity index (χ0n) is 17.7. The molecule has 0 fully saturated rings. The summed E-state index contributed by atoms with van der Waals surface area (Å²) < 4.78 is 34.9. The lowest BCUT2D eigenvalue weighted by atomic mass is 9.79. The molecule has 4 N–H and O–H groups in total. The van der Waals surface area contributed by atoms with Crippen molar-refractivity contribution < 1.29 is 23.8 Å². The highest BCUT2D eigenvalue weighted by atomic mass is 19.1. The summed E-state index contributed by atoms with van der Waals surface area (Å²) in [5.41, 5.74) is 7.76. The van der Waals surface area contributed by atoms with E-state index in [1.165, 1.54) is 6.07 Å². The summed E-state index contributed by atoms with van der Waals surface area (Å²) in [6, 6.07) is 3.18. The number of ether oxygens (including phenoxy) is 1. The standard InChI is InChI=1S/C23H27F2N3O3/c1-12-5-4-6-16(21(12)24)23-18(29)8-7-15(27-23)10-17-13(2)9-19(22(25)14(17)3)31-11-20(26)28-30/h4-9,14,16-17,21,29-30H,10-11H2,1-3H3,(H2,26,28). The van der Waals surface area contributed by atoms with Crippen LogP contribution in [0.25, 0.3) is 0 Å². The van der Waals surface area contributed by atoms with Gasteiger partial charge < -0.3 is 20.8 Å². The molecule has 0 spiro atoms. The zero-order valence-corrected chi connectivity index (χ0v) is 17.7. The van der Waals surface area contributed by atoms with Crippen LogP contribution in [0.15, 0.2) is 64.3 Å². The Morgan fingerprint density at radius 1 is 1.29 bits per heavy atom. The number of rotatable bonds is 6. The van der Waals surface area contributed by atoms with Crippen LogP contribution in [0.1, 0.15) is 38.1 Å². The number of alkyl halides is 1. The normalized spacial score (nSPS) is 26.5. The number of halogens is 2. The van der Waals surface area contributed by atoms with Gasteiger partial charge in [-0.3, -0.25) is 4.98 Å². The van der Waals surface area contributed by atoms with Crippen molar-refractivity contribution in [2.75, 3.05) is 6.61 Å². The Morgan fingerprint density at radius 2 is 2.03 bits per heavy atom. The predicted molar refractivity (Wildman–Crippen MR) is 114 cm³/mol. The first-order chi connectivity index (χ1) is 14.7. The average Bonchev–Trinajstić information content (AvgIpc) is 2.75. The van der Waals surface area contributed by atoms with E-state index in [1.54, 1.807) is 44.2 Å². The van der Waals surface area contributed by atoms with Crippen molar-refractivity contribution in [3.63, 3.8) is 0 Å². The van der Waals surface area contributed by atoms with Crippen LogP contribution in [0.5, 0.6) is 5.75 Å². The summed E-state index contributed by atoms with van der Waals surface area (Å²) in [7, 11) is 0.